The Bertz CT molecular complexity index is 717. The maximum atomic E-state index is 12.5. The van der Waals surface area contributed by atoms with E-state index in [9.17, 15) is 14.9 Å². The fraction of sp³-hybridized carbons (Fsp3) is 0.350. The minimum atomic E-state index is -0.400. The van der Waals surface area contributed by atoms with E-state index in [1.165, 1.54) is 12.1 Å². The highest BCUT2D eigenvalue weighted by molar-refractivity contribution is 5.94. The lowest BCUT2D eigenvalue weighted by atomic mass is 10.1. The molecule has 1 unspecified atom stereocenters. The number of hydrogen-bond acceptors (Lipinski definition) is 4. The molecule has 0 heterocycles. The zero-order valence-electron chi connectivity index (χ0n) is 15.2. The molecule has 0 saturated heterocycles. The van der Waals surface area contributed by atoms with E-state index in [0.717, 1.165) is 37.2 Å². The summed E-state index contributed by atoms with van der Waals surface area (Å²) in [6.45, 7) is 5.52. The Morgan fingerprint density at radius 1 is 1.12 bits per heavy atom. The average Bonchev–Trinajstić information content (AvgIpc) is 2.65. The van der Waals surface area contributed by atoms with Crippen molar-refractivity contribution < 1.29 is 9.72 Å². The van der Waals surface area contributed by atoms with Crippen molar-refractivity contribution in [2.75, 3.05) is 18.4 Å². The topological polar surface area (TPSA) is 75.5 Å². The highest BCUT2D eigenvalue weighted by atomic mass is 16.6. The zero-order chi connectivity index (χ0) is 18.9. The molecule has 1 amide bonds. The van der Waals surface area contributed by atoms with Gasteiger partial charge in [-0.2, -0.15) is 0 Å². The van der Waals surface area contributed by atoms with Gasteiger partial charge in [0.25, 0.3) is 5.69 Å². The molecule has 0 aliphatic rings. The molecule has 0 saturated carbocycles. The van der Waals surface area contributed by atoms with E-state index in [1.807, 2.05) is 37.3 Å². The molecule has 1 N–H and O–H groups in total. The number of nitro groups is 1. The number of amides is 1. The van der Waals surface area contributed by atoms with Gasteiger partial charge in [-0.25, -0.2) is 0 Å². The van der Waals surface area contributed by atoms with Gasteiger partial charge < -0.3 is 5.32 Å². The van der Waals surface area contributed by atoms with Crippen LogP contribution in [0.15, 0.2) is 54.6 Å². The van der Waals surface area contributed by atoms with Crippen molar-refractivity contribution in [3.8, 4) is 0 Å². The van der Waals surface area contributed by atoms with E-state index in [2.05, 4.69) is 17.1 Å². The average molecular weight is 355 g/mol. The fourth-order valence-electron chi connectivity index (χ4n) is 2.78. The molecule has 0 aliphatic carbocycles. The number of nitrogens with zero attached hydrogens (tertiary/aromatic N) is 2. The van der Waals surface area contributed by atoms with E-state index in [0.29, 0.717) is 0 Å². The van der Waals surface area contributed by atoms with Crippen LogP contribution in [0.2, 0.25) is 0 Å². The van der Waals surface area contributed by atoms with Crippen LogP contribution in [0.3, 0.4) is 0 Å². The quantitative estimate of drug-likeness (QED) is 0.547. The summed E-state index contributed by atoms with van der Waals surface area (Å²) in [5.41, 5.74) is 1.90. The normalized spacial score (nSPS) is 12.0. The van der Waals surface area contributed by atoms with Crippen LogP contribution in [-0.4, -0.2) is 34.9 Å². The number of non-ortho nitro benzene ring substituents is 1. The number of rotatable bonds is 9. The molecular formula is C20H25N3O3. The number of nitrogens with one attached hydrogen (secondary N) is 1. The Balaban J connectivity index is 1.95. The molecule has 6 heteroatoms. The zero-order valence-corrected chi connectivity index (χ0v) is 15.2. The molecule has 2 rings (SSSR count). The first-order valence-corrected chi connectivity index (χ1v) is 8.84. The summed E-state index contributed by atoms with van der Waals surface area (Å²) in [5, 5.41) is 13.7. The number of carbonyl (C=O) groups is 1. The van der Waals surface area contributed by atoms with Crippen LogP contribution in [0.5, 0.6) is 0 Å². The largest absolute Gasteiger partial charge is 0.325 e. The van der Waals surface area contributed by atoms with E-state index in [1.54, 1.807) is 12.1 Å². The van der Waals surface area contributed by atoms with Gasteiger partial charge in [0.2, 0.25) is 5.91 Å². The maximum Gasteiger partial charge on any atom is 0.269 e. The first kappa shape index (κ1) is 19.6. The Labute approximate surface area is 154 Å². The number of hydrogen-bond donors (Lipinski definition) is 1. The number of carbonyl (C=O) groups excluding carboxylic acids is 1. The molecule has 0 radical (unpaired) electrons. The standard InChI is InChI=1S/C20H25N3O3/c1-3-14-22(15-13-17-9-11-19(12-10-17)23(25)26)16(2)20(24)21-18-7-5-4-6-8-18/h4-12,16H,3,13-15H2,1-2H3,(H,21,24). The Kier molecular flexibility index (Phi) is 7.29. The minimum absolute atomic E-state index is 0.0339. The summed E-state index contributed by atoms with van der Waals surface area (Å²) in [6.07, 6.45) is 1.68. The molecule has 0 aliphatic heterocycles. The van der Waals surface area contributed by atoms with Crippen molar-refractivity contribution in [3.05, 3.63) is 70.3 Å². The lowest BCUT2D eigenvalue weighted by Crippen LogP contribution is -2.43. The number of nitro benzene ring substituents is 1. The van der Waals surface area contributed by atoms with E-state index in [4.69, 9.17) is 0 Å². The number of anilines is 1. The second-order valence-corrected chi connectivity index (χ2v) is 6.24. The lowest BCUT2D eigenvalue weighted by Gasteiger charge is -2.28. The highest BCUT2D eigenvalue weighted by Gasteiger charge is 2.20. The Morgan fingerprint density at radius 3 is 2.35 bits per heavy atom. The SMILES string of the molecule is CCCN(CCc1ccc([N+](=O)[O-])cc1)C(C)C(=O)Nc1ccccc1. The molecular weight excluding hydrogens is 330 g/mol. The highest BCUT2D eigenvalue weighted by Crippen LogP contribution is 2.14. The summed E-state index contributed by atoms with van der Waals surface area (Å²) in [6, 6.07) is 15.7. The van der Waals surface area contributed by atoms with Gasteiger partial charge in [-0.1, -0.05) is 37.3 Å². The van der Waals surface area contributed by atoms with E-state index < -0.39 is 4.92 Å². The van der Waals surface area contributed by atoms with Crippen LogP contribution >= 0.6 is 0 Å². The van der Waals surface area contributed by atoms with Gasteiger partial charge in [0.1, 0.15) is 0 Å². The minimum Gasteiger partial charge on any atom is -0.325 e. The number of para-hydroxylation sites is 1. The van der Waals surface area contributed by atoms with E-state index in [-0.39, 0.29) is 17.6 Å². The first-order chi connectivity index (χ1) is 12.5. The molecule has 6 nitrogen and oxygen atoms in total. The maximum absolute atomic E-state index is 12.5. The van der Waals surface area contributed by atoms with Gasteiger partial charge in [-0.15, -0.1) is 0 Å². The summed E-state index contributed by atoms with van der Waals surface area (Å²) in [4.78, 5) is 25.0. The van der Waals surface area contributed by atoms with Crippen molar-refractivity contribution in [2.24, 2.45) is 0 Å². The van der Waals surface area contributed by atoms with Gasteiger partial charge in [-0.3, -0.25) is 19.8 Å². The third kappa shape index (κ3) is 5.67. The molecule has 0 aromatic heterocycles. The van der Waals surface area contributed by atoms with Crippen molar-refractivity contribution in [3.63, 3.8) is 0 Å². The molecule has 0 fully saturated rings. The van der Waals surface area contributed by atoms with Crippen LogP contribution in [-0.2, 0) is 11.2 Å². The van der Waals surface area contributed by atoms with Crippen LogP contribution in [0.25, 0.3) is 0 Å². The predicted octanol–water partition coefficient (Wildman–Crippen LogP) is 3.88. The van der Waals surface area contributed by atoms with Gasteiger partial charge >= 0.3 is 0 Å². The Morgan fingerprint density at radius 2 is 1.77 bits per heavy atom. The van der Waals surface area contributed by atoms with Crippen molar-refractivity contribution in [1.29, 1.82) is 0 Å². The Hall–Kier alpha value is -2.73. The van der Waals surface area contributed by atoms with E-state index >= 15 is 0 Å². The smallest absolute Gasteiger partial charge is 0.269 e. The van der Waals surface area contributed by atoms with Crippen LogP contribution in [0, 0.1) is 10.1 Å². The van der Waals surface area contributed by atoms with Gasteiger partial charge in [0.15, 0.2) is 0 Å². The lowest BCUT2D eigenvalue weighted by molar-refractivity contribution is -0.384. The molecule has 2 aromatic carbocycles. The molecule has 0 bridgehead atoms. The second kappa shape index (κ2) is 9.68. The van der Waals surface area contributed by atoms with Crippen molar-refractivity contribution in [2.45, 2.75) is 32.7 Å². The van der Waals surface area contributed by atoms with Crippen LogP contribution in [0.4, 0.5) is 11.4 Å². The second-order valence-electron chi connectivity index (χ2n) is 6.24. The summed E-state index contributed by atoms with van der Waals surface area (Å²) in [7, 11) is 0. The third-order valence-corrected chi connectivity index (χ3v) is 4.31. The monoisotopic (exact) mass is 355 g/mol. The molecule has 1 atom stereocenters. The molecule has 2 aromatic rings. The predicted molar refractivity (Wildman–Crippen MR) is 103 cm³/mol. The summed E-state index contributed by atoms with van der Waals surface area (Å²) < 4.78 is 0. The van der Waals surface area contributed by atoms with Gasteiger partial charge in [0.05, 0.1) is 11.0 Å². The molecule has 26 heavy (non-hydrogen) atoms. The summed E-state index contributed by atoms with van der Waals surface area (Å²) >= 11 is 0. The first-order valence-electron chi connectivity index (χ1n) is 8.84. The van der Waals surface area contributed by atoms with Crippen molar-refractivity contribution in [1.82, 2.24) is 4.90 Å². The van der Waals surface area contributed by atoms with Gasteiger partial charge in [0, 0.05) is 24.4 Å². The molecule has 0 spiro atoms. The summed E-state index contributed by atoms with van der Waals surface area (Å²) in [5.74, 6) is -0.0339. The number of benzene rings is 2. The van der Waals surface area contributed by atoms with Gasteiger partial charge in [-0.05, 0) is 44.0 Å². The fourth-order valence-corrected chi connectivity index (χ4v) is 2.78. The third-order valence-electron chi connectivity index (χ3n) is 4.31. The molecule has 138 valence electrons. The van der Waals surface area contributed by atoms with Crippen molar-refractivity contribution >= 4 is 17.3 Å². The van der Waals surface area contributed by atoms with Crippen LogP contribution in [0.1, 0.15) is 25.8 Å². The van der Waals surface area contributed by atoms with Crippen LogP contribution < -0.4 is 5.32 Å².